The van der Waals surface area contributed by atoms with Gasteiger partial charge in [0.25, 0.3) is 0 Å². The van der Waals surface area contributed by atoms with Crippen molar-refractivity contribution < 1.29 is 4.79 Å². The lowest BCUT2D eigenvalue weighted by atomic mass is 10.2. The van der Waals surface area contributed by atoms with Gasteiger partial charge in [0.2, 0.25) is 11.0 Å². The van der Waals surface area contributed by atoms with Crippen LogP contribution in [-0.2, 0) is 11.2 Å². The van der Waals surface area contributed by atoms with E-state index in [0.29, 0.717) is 11.6 Å². The third kappa shape index (κ3) is 3.95. The van der Waals surface area contributed by atoms with E-state index >= 15 is 0 Å². The van der Waals surface area contributed by atoms with Gasteiger partial charge in [-0.3, -0.25) is 4.79 Å². The van der Waals surface area contributed by atoms with Gasteiger partial charge in [-0.1, -0.05) is 53.8 Å². The summed E-state index contributed by atoms with van der Waals surface area (Å²) in [7, 11) is 0. The molecule has 130 valence electrons. The zero-order chi connectivity index (χ0) is 17.8. The van der Waals surface area contributed by atoms with E-state index in [1.54, 1.807) is 11.3 Å². The number of carbonyl (C=O) groups excluding carboxylic acids is 1. The Morgan fingerprint density at radius 3 is 2.62 bits per heavy atom. The number of carbonyl (C=O) groups is 1. The first kappa shape index (κ1) is 16.8. The van der Waals surface area contributed by atoms with Crippen molar-refractivity contribution in [2.45, 2.75) is 19.3 Å². The molecule has 0 unspecified atom stereocenters. The van der Waals surface area contributed by atoms with Crippen LogP contribution in [0.2, 0.25) is 0 Å². The zero-order valence-corrected chi connectivity index (χ0v) is 15.5. The fourth-order valence-electron chi connectivity index (χ4n) is 2.58. The minimum Gasteiger partial charge on any atom is -0.301 e. The number of hydrogen-bond acceptors (Lipinski definition) is 6. The Labute approximate surface area is 158 Å². The molecular formula is C19H16N4OS2. The number of benzene rings is 2. The third-order valence-electron chi connectivity index (χ3n) is 3.82. The summed E-state index contributed by atoms with van der Waals surface area (Å²) >= 11 is 3.07. The number of aryl methyl sites for hydroxylation is 1. The second-order valence-corrected chi connectivity index (χ2v) is 7.85. The fourth-order valence-corrected chi connectivity index (χ4v) is 4.35. The largest absolute Gasteiger partial charge is 0.301 e. The minimum absolute atomic E-state index is 0.0399. The maximum atomic E-state index is 12.1. The van der Waals surface area contributed by atoms with Crippen molar-refractivity contribution in [1.82, 2.24) is 15.2 Å². The third-order valence-corrected chi connectivity index (χ3v) is 5.81. The smallest absolute Gasteiger partial charge is 0.226 e. The van der Waals surface area contributed by atoms with Gasteiger partial charge in [0.1, 0.15) is 5.01 Å². The summed E-state index contributed by atoms with van der Waals surface area (Å²) in [6.45, 7) is 0. The van der Waals surface area contributed by atoms with Crippen molar-refractivity contribution in [3.8, 4) is 10.6 Å². The lowest BCUT2D eigenvalue weighted by Crippen LogP contribution is -2.11. The van der Waals surface area contributed by atoms with Gasteiger partial charge in [0.05, 0.1) is 15.2 Å². The van der Waals surface area contributed by atoms with E-state index in [0.717, 1.165) is 33.9 Å². The molecule has 26 heavy (non-hydrogen) atoms. The molecule has 1 amide bonds. The summed E-state index contributed by atoms with van der Waals surface area (Å²) < 4.78 is 1.19. The molecule has 0 aliphatic carbocycles. The molecule has 2 heterocycles. The quantitative estimate of drug-likeness (QED) is 0.523. The van der Waals surface area contributed by atoms with Crippen LogP contribution in [0.5, 0.6) is 0 Å². The number of hydrogen-bond donors (Lipinski definition) is 1. The Morgan fingerprint density at radius 1 is 0.962 bits per heavy atom. The molecule has 7 heteroatoms. The molecule has 0 radical (unpaired) electrons. The van der Waals surface area contributed by atoms with Crippen molar-refractivity contribution in [1.29, 1.82) is 0 Å². The Hall–Kier alpha value is -2.64. The SMILES string of the molecule is O=C(CCCc1nc2ccccc2s1)Nc1nnc(-c2ccccc2)s1. The lowest BCUT2D eigenvalue weighted by Gasteiger charge is -1.99. The second-order valence-electron chi connectivity index (χ2n) is 5.76. The number of anilines is 1. The predicted molar refractivity (Wildman–Crippen MR) is 107 cm³/mol. The van der Waals surface area contributed by atoms with Crippen LogP contribution in [0.15, 0.2) is 54.6 Å². The van der Waals surface area contributed by atoms with Crippen LogP contribution in [0.1, 0.15) is 17.8 Å². The number of nitrogens with zero attached hydrogens (tertiary/aromatic N) is 3. The highest BCUT2D eigenvalue weighted by molar-refractivity contribution is 7.18. The van der Waals surface area contributed by atoms with Crippen molar-refractivity contribution in [2.75, 3.05) is 5.32 Å². The molecule has 0 aliphatic rings. The molecule has 2 aromatic heterocycles. The summed E-state index contributed by atoms with van der Waals surface area (Å²) in [4.78, 5) is 16.7. The highest BCUT2D eigenvalue weighted by atomic mass is 32.1. The molecule has 0 bridgehead atoms. The topological polar surface area (TPSA) is 67.8 Å². The molecule has 1 N–H and O–H groups in total. The average molecular weight is 380 g/mol. The molecule has 2 aromatic carbocycles. The van der Waals surface area contributed by atoms with Gasteiger partial charge in [-0.05, 0) is 25.0 Å². The molecule has 0 saturated heterocycles. The number of thiazole rings is 1. The molecule has 4 rings (SSSR count). The van der Waals surface area contributed by atoms with Crippen molar-refractivity contribution in [3.05, 3.63) is 59.6 Å². The van der Waals surface area contributed by atoms with E-state index in [4.69, 9.17) is 0 Å². The van der Waals surface area contributed by atoms with Crippen LogP contribution < -0.4 is 5.32 Å². The molecule has 0 atom stereocenters. The van der Waals surface area contributed by atoms with Crippen LogP contribution >= 0.6 is 22.7 Å². The van der Waals surface area contributed by atoms with E-state index in [9.17, 15) is 4.79 Å². The van der Waals surface area contributed by atoms with E-state index < -0.39 is 0 Å². The van der Waals surface area contributed by atoms with Crippen molar-refractivity contribution in [2.24, 2.45) is 0 Å². The Morgan fingerprint density at radius 2 is 1.77 bits per heavy atom. The van der Waals surface area contributed by atoms with Gasteiger partial charge in [0.15, 0.2) is 0 Å². The van der Waals surface area contributed by atoms with Crippen LogP contribution in [0.25, 0.3) is 20.8 Å². The molecule has 5 nitrogen and oxygen atoms in total. The highest BCUT2D eigenvalue weighted by Gasteiger charge is 2.10. The monoisotopic (exact) mass is 380 g/mol. The molecule has 0 fully saturated rings. The highest BCUT2D eigenvalue weighted by Crippen LogP contribution is 2.26. The number of nitrogens with one attached hydrogen (secondary N) is 1. The summed E-state index contributed by atoms with van der Waals surface area (Å²) in [5.41, 5.74) is 2.03. The van der Waals surface area contributed by atoms with Crippen LogP contribution in [0.4, 0.5) is 5.13 Å². The first-order valence-electron chi connectivity index (χ1n) is 8.31. The molecule has 0 aliphatic heterocycles. The molecular weight excluding hydrogens is 364 g/mol. The minimum atomic E-state index is -0.0399. The molecule has 0 saturated carbocycles. The lowest BCUT2D eigenvalue weighted by molar-refractivity contribution is -0.116. The first-order chi connectivity index (χ1) is 12.8. The van der Waals surface area contributed by atoms with Gasteiger partial charge in [0, 0.05) is 12.0 Å². The fraction of sp³-hybridized carbons (Fsp3) is 0.158. The van der Waals surface area contributed by atoms with Gasteiger partial charge in [-0.15, -0.1) is 21.5 Å². The maximum absolute atomic E-state index is 12.1. The predicted octanol–water partition coefficient (Wildman–Crippen LogP) is 4.78. The molecule has 4 aromatic rings. The number of para-hydroxylation sites is 1. The van der Waals surface area contributed by atoms with E-state index in [2.05, 4.69) is 26.6 Å². The number of aromatic nitrogens is 3. The van der Waals surface area contributed by atoms with Gasteiger partial charge >= 0.3 is 0 Å². The maximum Gasteiger partial charge on any atom is 0.226 e. The Bertz CT molecular complexity index is 993. The first-order valence-corrected chi connectivity index (χ1v) is 9.94. The average Bonchev–Trinajstić information content (AvgIpc) is 3.29. The summed E-state index contributed by atoms with van der Waals surface area (Å²) in [6, 6.07) is 17.9. The standard InChI is InChI=1S/C19H16N4OS2/c24-16(11-6-12-17-20-14-9-4-5-10-15(14)25-17)21-19-23-22-18(26-19)13-7-2-1-3-8-13/h1-5,7-10H,6,11-12H2,(H,21,23,24). The van der Waals surface area contributed by atoms with Crippen LogP contribution in [-0.4, -0.2) is 21.1 Å². The van der Waals surface area contributed by atoms with E-state index in [1.165, 1.54) is 16.0 Å². The normalized spacial score (nSPS) is 10.9. The second kappa shape index (κ2) is 7.72. The number of fused-ring (bicyclic) bond motifs is 1. The summed E-state index contributed by atoms with van der Waals surface area (Å²) in [5, 5.41) is 13.4. The van der Waals surface area contributed by atoms with Crippen molar-refractivity contribution in [3.63, 3.8) is 0 Å². The van der Waals surface area contributed by atoms with Gasteiger partial charge in [-0.2, -0.15) is 0 Å². The Kier molecular flexibility index (Phi) is 4.99. The van der Waals surface area contributed by atoms with Gasteiger partial charge in [-0.25, -0.2) is 4.98 Å². The summed E-state index contributed by atoms with van der Waals surface area (Å²) in [6.07, 6.45) is 2.00. The van der Waals surface area contributed by atoms with E-state index in [1.807, 2.05) is 48.5 Å². The van der Waals surface area contributed by atoms with Gasteiger partial charge < -0.3 is 5.32 Å². The van der Waals surface area contributed by atoms with Crippen LogP contribution in [0.3, 0.4) is 0 Å². The number of amides is 1. The summed E-state index contributed by atoms with van der Waals surface area (Å²) in [5.74, 6) is -0.0399. The zero-order valence-electron chi connectivity index (χ0n) is 13.9. The van der Waals surface area contributed by atoms with Crippen LogP contribution in [0, 0.1) is 0 Å². The molecule has 0 spiro atoms. The van der Waals surface area contributed by atoms with E-state index in [-0.39, 0.29) is 5.91 Å². The number of rotatable bonds is 6. The van der Waals surface area contributed by atoms with Crippen molar-refractivity contribution >= 4 is 43.9 Å². The Balaban J connectivity index is 1.29.